The van der Waals surface area contributed by atoms with Crippen LogP contribution in [0.4, 0.5) is 0 Å². The van der Waals surface area contributed by atoms with Crippen LogP contribution in [0.1, 0.15) is 17.1 Å². The smallest absolute Gasteiger partial charge is 0.107 e. The molecule has 0 aliphatic rings. The van der Waals surface area contributed by atoms with Gasteiger partial charge in [-0.25, -0.2) is 4.98 Å². The van der Waals surface area contributed by atoms with Crippen molar-refractivity contribution in [2.75, 3.05) is 0 Å². The molecule has 2 heterocycles. The second kappa shape index (κ2) is 4.66. The molecule has 18 heavy (non-hydrogen) atoms. The molecule has 1 aromatic carbocycles. The molecular formula is C14H15N3O. The van der Waals surface area contributed by atoms with Crippen LogP contribution in [0, 0.1) is 0 Å². The zero-order chi connectivity index (χ0) is 12.4. The Bertz CT molecular complexity index is 640. The Morgan fingerprint density at radius 2 is 2.17 bits per heavy atom. The van der Waals surface area contributed by atoms with Crippen LogP contribution in [-0.4, -0.2) is 9.97 Å². The van der Waals surface area contributed by atoms with Crippen LogP contribution >= 0.6 is 0 Å². The maximum Gasteiger partial charge on any atom is 0.107 e. The lowest BCUT2D eigenvalue weighted by Crippen LogP contribution is -1.95. The van der Waals surface area contributed by atoms with Crippen molar-refractivity contribution in [3.63, 3.8) is 0 Å². The van der Waals surface area contributed by atoms with Gasteiger partial charge in [0.05, 0.1) is 17.3 Å². The SMILES string of the molecule is NCc1ccc2nc(CCc3ccco3)[nH]c2c1. The zero-order valence-electron chi connectivity index (χ0n) is 10.0. The molecule has 0 fully saturated rings. The maximum absolute atomic E-state index is 5.62. The molecule has 0 bridgehead atoms. The first-order valence-corrected chi connectivity index (χ1v) is 6.05. The van der Waals surface area contributed by atoms with Crippen LogP contribution in [0.15, 0.2) is 41.0 Å². The summed E-state index contributed by atoms with van der Waals surface area (Å²) in [6.07, 6.45) is 3.40. The average molecular weight is 241 g/mol. The molecule has 0 aliphatic carbocycles. The van der Waals surface area contributed by atoms with Gasteiger partial charge in [0.2, 0.25) is 0 Å². The predicted molar refractivity (Wildman–Crippen MR) is 70.1 cm³/mol. The van der Waals surface area contributed by atoms with Gasteiger partial charge in [0.15, 0.2) is 0 Å². The van der Waals surface area contributed by atoms with Crippen molar-refractivity contribution in [1.82, 2.24) is 9.97 Å². The number of hydrogen-bond donors (Lipinski definition) is 2. The van der Waals surface area contributed by atoms with E-state index in [1.165, 1.54) is 0 Å². The van der Waals surface area contributed by atoms with E-state index in [0.29, 0.717) is 6.54 Å². The summed E-state index contributed by atoms with van der Waals surface area (Å²) in [7, 11) is 0. The predicted octanol–water partition coefficient (Wildman–Crippen LogP) is 2.40. The lowest BCUT2D eigenvalue weighted by atomic mass is 10.2. The molecule has 3 aromatic rings. The molecule has 92 valence electrons. The number of benzene rings is 1. The van der Waals surface area contributed by atoms with Crippen LogP contribution in [0.3, 0.4) is 0 Å². The fourth-order valence-corrected chi connectivity index (χ4v) is 2.05. The van der Waals surface area contributed by atoms with Crippen molar-refractivity contribution in [1.29, 1.82) is 0 Å². The van der Waals surface area contributed by atoms with Crippen molar-refractivity contribution in [2.24, 2.45) is 5.73 Å². The molecule has 0 amide bonds. The maximum atomic E-state index is 5.62. The Labute approximate surface area is 105 Å². The first-order valence-electron chi connectivity index (χ1n) is 6.05. The topological polar surface area (TPSA) is 67.8 Å². The van der Waals surface area contributed by atoms with Gasteiger partial charge >= 0.3 is 0 Å². The molecule has 4 nitrogen and oxygen atoms in total. The molecule has 0 aliphatic heterocycles. The van der Waals surface area contributed by atoms with Crippen molar-refractivity contribution in [3.05, 3.63) is 53.7 Å². The summed E-state index contributed by atoms with van der Waals surface area (Å²) in [4.78, 5) is 7.87. The highest BCUT2D eigenvalue weighted by atomic mass is 16.3. The molecule has 0 radical (unpaired) electrons. The number of furan rings is 1. The summed E-state index contributed by atoms with van der Waals surface area (Å²) < 4.78 is 5.31. The number of aromatic nitrogens is 2. The molecule has 3 N–H and O–H groups in total. The Balaban J connectivity index is 1.80. The monoisotopic (exact) mass is 241 g/mol. The van der Waals surface area contributed by atoms with E-state index >= 15 is 0 Å². The van der Waals surface area contributed by atoms with Crippen LogP contribution in [0.5, 0.6) is 0 Å². The minimum absolute atomic E-state index is 0.552. The Kier molecular flexibility index (Phi) is 2.86. The molecular weight excluding hydrogens is 226 g/mol. The number of nitrogens with two attached hydrogens (primary N) is 1. The molecule has 4 heteroatoms. The Morgan fingerprint density at radius 3 is 2.94 bits per heavy atom. The highest BCUT2D eigenvalue weighted by Gasteiger charge is 2.04. The van der Waals surface area contributed by atoms with E-state index in [1.54, 1.807) is 6.26 Å². The number of fused-ring (bicyclic) bond motifs is 1. The fourth-order valence-electron chi connectivity index (χ4n) is 2.05. The van der Waals surface area contributed by atoms with Crippen molar-refractivity contribution >= 4 is 11.0 Å². The molecule has 2 aromatic heterocycles. The lowest BCUT2D eigenvalue weighted by molar-refractivity contribution is 0.507. The summed E-state index contributed by atoms with van der Waals surface area (Å²) in [6, 6.07) is 9.96. The number of imidazole rings is 1. The quantitative estimate of drug-likeness (QED) is 0.737. The minimum Gasteiger partial charge on any atom is -0.469 e. The molecule has 0 atom stereocenters. The van der Waals surface area contributed by atoms with E-state index in [9.17, 15) is 0 Å². The highest BCUT2D eigenvalue weighted by molar-refractivity contribution is 5.75. The minimum atomic E-state index is 0.552. The molecule has 0 saturated carbocycles. The number of H-pyrrole nitrogens is 1. The summed E-state index contributed by atoms with van der Waals surface area (Å²) in [5.41, 5.74) is 8.77. The van der Waals surface area contributed by atoms with E-state index in [0.717, 1.165) is 41.0 Å². The van der Waals surface area contributed by atoms with Gasteiger partial charge in [-0.05, 0) is 29.8 Å². The second-order valence-corrected chi connectivity index (χ2v) is 4.32. The summed E-state index contributed by atoms with van der Waals surface area (Å²) in [5, 5.41) is 0. The zero-order valence-corrected chi connectivity index (χ0v) is 10.0. The van der Waals surface area contributed by atoms with Crippen molar-refractivity contribution in [3.8, 4) is 0 Å². The first-order chi connectivity index (χ1) is 8.85. The third kappa shape index (κ3) is 2.15. The normalized spacial score (nSPS) is 11.2. The van der Waals surface area contributed by atoms with Gasteiger partial charge in [-0.2, -0.15) is 0 Å². The Morgan fingerprint density at radius 1 is 1.22 bits per heavy atom. The lowest BCUT2D eigenvalue weighted by Gasteiger charge is -1.94. The van der Waals surface area contributed by atoms with Gasteiger partial charge in [0.1, 0.15) is 11.6 Å². The first kappa shape index (κ1) is 11.0. The van der Waals surface area contributed by atoms with Gasteiger partial charge in [0, 0.05) is 19.4 Å². The highest BCUT2D eigenvalue weighted by Crippen LogP contribution is 2.15. The molecule has 0 unspecified atom stereocenters. The number of aryl methyl sites for hydroxylation is 2. The van der Waals surface area contributed by atoms with Gasteiger partial charge in [-0.15, -0.1) is 0 Å². The van der Waals surface area contributed by atoms with Crippen LogP contribution < -0.4 is 5.73 Å². The van der Waals surface area contributed by atoms with E-state index in [-0.39, 0.29) is 0 Å². The van der Waals surface area contributed by atoms with Crippen LogP contribution in [-0.2, 0) is 19.4 Å². The van der Waals surface area contributed by atoms with Gasteiger partial charge < -0.3 is 15.1 Å². The van der Waals surface area contributed by atoms with Gasteiger partial charge in [-0.3, -0.25) is 0 Å². The molecule has 3 rings (SSSR count). The molecule has 0 spiro atoms. The number of aromatic amines is 1. The number of nitrogens with zero attached hydrogens (tertiary/aromatic N) is 1. The second-order valence-electron chi connectivity index (χ2n) is 4.32. The Hall–Kier alpha value is -2.07. The standard InChI is InChI=1S/C14H15N3O/c15-9-10-3-5-12-13(8-10)17-14(16-12)6-4-11-2-1-7-18-11/h1-3,5,7-8H,4,6,9,15H2,(H,16,17). The fraction of sp³-hybridized carbons (Fsp3) is 0.214. The van der Waals surface area contributed by atoms with Crippen molar-refractivity contribution < 1.29 is 4.42 Å². The van der Waals surface area contributed by atoms with E-state index in [2.05, 4.69) is 16.0 Å². The number of nitrogens with one attached hydrogen (secondary N) is 1. The van der Waals surface area contributed by atoms with E-state index in [4.69, 9.17) is 10.2 Å². The third-order valence-electron chi connectivity index (χ3n) is 3.02. The summed E-state index contributed by atoms with van der Waals surface area (Å²) in [6.45, 7) is 0.552. The van der Waals surface area contributed by atoms with Gasteiger partial charge in [-0.1, -0.05) is 6.07 Å². The largest absolute Gasteiger partial charge is 0.469 e. The van der Waals surface area contributed by atoms with Crippen LogP contribution in [0.2, 0.25) is 0 Å². The van der Waals surface area contributed by atoms with E-state index < -0.39 is 0 Å². The van der Waals surface area contributed by atoms with Crippen molar-refractivity contribution in [2.45, 2.75) is 19.4 Å². The van der Waals surface area contributed by atoms with Crippen LogP contribution in [0.25, 0.3) is 11.0 Å². The number of hydrogen-bond acceptors (Lipinski definition) is 3. The summed E-state index contributed by atoms with van der Waals surface area (Å²) >= 11 is 0. The molecule has 0 saturated heterocycles. The number of rotatable bonds is 4. The van der Waals surface area contributed by atoms with Gasteiger partial charge in [0.25, 0.3) is 0 Å². The third-order valence-corrected chi connectivity index (χ3v) is 3.02. The summed E-state index contributed by atoms with van der Waals surface area (Å²) in [5.74, 6) is 1.97. The average Bonchev–Trinajstić information content (AvgIpc) is 3.04. The van der Waals surface area contributed by atoms with E-state index in [1.807, 2.05) is 24.3 Å².